The number of nitrogens with zero attached hydrogens (tertiary/aromatic N) is 4. The quantitative estimate of drug-likeness (QED) is 0.195. The Balaban J connectivity index is 1.30. The normalized spacial score (nSPS) is 15.3. The highest BCUT2D eigenvalue weighted by atomic mass is 32.2. The number of aromatic amines is 2. The maximum absolute atomic E-state index is 12.6. The first-order valence-electron chi connectivity index (χ1n) is 13.1. The fraction of sp³-hybridized carbons (Fsp3) is 0.321. The largest absolute Gasteiger partial charge is 0.480 e. The standard InChI is InChI=1S/C28H29N7O5S/c1-3-12-35(25-11-6-18-14-24-22(15-21(18)25)26(36)32-17(2)31-24)20-9-7-19(8-10-20)33-23(27(37)38)5-4-13-41(39,40)28-29-16-30-34-28/h1,7-10,14-16,23,25,33H,4-6,11-13H2,2H3,(H,37,38)(H,29,30,34)(H,31,32,36)/t23-,25?/m0/s1. The molecule has 41 heavy (non-hydrogen) atoms. The van der Waals surface area contributed by atoms with Crippen molar-refractivity contribution in [1.82, 2.24) is 25.1 Å². The minimum atomic E-state index is -3.70. The van der Waals surface area contributed by atoms with E-state index in [4.69, 9.17) is 6.42 Å². The monoisotopic (exact) mass is 575 g/mol. The van der Waals surface area contributed by atoms with Gasteiger partial charge in [-0.05, 0) is 80.1 Å². The van der Waals surface area contributed by atoms with E-state index in [0.29, 0.717) is 29.0 Å². The van der Waals surface area contributed by atoms with Crippen molar-refractivity contribution in [3.63, 3.8) is 0 Å². The van der Waals surface area contributed by atoms with Crippen LogP contribution in [0.5, 0.6) is 0 Å². The van der Waals surface area contributed by atoms with Crippen LogP contribution in [0, 0.1) is 19.3 Å². The van der Waals surface area contributed by atoms with Gasteiger partial charge in [0.05, 0.1) is 29.2 Å². The van der Waals surface area contributed by atoms with E-state index in [9.17, 15) is 23.1 Å². The number of fused-ring (bicyclic) bond motifs is 2. The summed E-state index contributed by atoms with van der Waals surface area (Å²) in [5.74, 6) is 1.94. The Hall–Kier alpha value is -4.70. The van der Waals surface area contributed by atoms with Crippen LogP contribution in [0.15, 0.2) is 52.7 Å². The second-order valence-electron chi connectivity index (χ2n) is 9.93. The molecule has 1 aliphatic carbocycles. The van der Waals surface area contributed by atoms with Crippen molar-refractivity contribution in [2.75, 3.05) is 22.5 Å². The van der Waals surface area contributed by atoms with Gasteiger partial charge in [0, 0.05) is 11.4 Å². The Bertz CT molecular complexity index is 1780. The van der Waals surface area contributed by atoms with Gasteiger partial charge in [0.1, 0.15) is 18.2 Å². The molecule has 2 atom stereocenters. The molecule has 0 saturated heterocycles. The minimum absolute atomic E-state index is 0.0392. The van der Waals surface area contributed by atoms with E-state index >= 15 is 0 Å². The van der Waals surface area contributed by atoms with E-state index in [2.05, 4.69) is 41.3 Å². The van der Waals surface area contributed by atoms with Crippen LogP contribution in [0.2, 0.25) is 0 Å². The van der Waals surface area contributed by atoms with Crippen LogP contribution >= 0.6 is 0 Å². The van der Waals surface area contributed by atoms with Gasteiger partial charge in [0.2, 0.25) is 9.84 Å². The molecular formula is C28H29N7O5S. The molecule has 0 spiro atoms. The number of aryl methyl sites for hydroxylation is 2. The third-order valence-electron chi connectivity index (χ3n) is 7.18. The van der Waals surface area contributed by atoms with Gasteiger partial charge < -0.3 is 20.3 Å². The Morgan fingerprint density at radius 2 is 2.07 bits per heavy atom. The summed E-state index contributed by atoms with van der Waals surface area (Å²) >= 11 is 0. The first-order valence-corrected chi connectivity index (χ1v) is 14.7. The minimum Gasteiger partial charge on any atom is -0.480 e. The predicted molar refractivity (Wildman–Crippen MR) is 153 cm³/mol. The number of carboxylic acids is 1. The molecule has 0 aliphatic heterocycles. The summed E-state index contributed by atoms with van der Waals surface area (Å²) in [5, 5.41) is 18.9. The zero-order valence-corrected chi connectivity index (χ0v) is 23.1. The lowest BCUT2D eigenvalue weighted by atomic mass is 10.0. The van der Waals surface area contributed by atoms with Crippen molar-refractivity contribution in [3.8, 4) is 12.3 Å². The fourth-order valence-electron chi connectivity index (χ4n) is 5.26. The highest BCUT2D eigenvalue weighted by molar-refractivity contribution is 7.91. The van der Waals surface area contributed by atoms with Crippen molar-refractivity contribution in [2.24, 2.45) is 0 Å². The molecule has 4 N–H and O–H groups in total. The molecule has 5 rings (SSSR count). The van der Waals surface area contributed by atoms with Crippen molar-refractivity contribution in [2.45, 2.75) is 49.8 Å². The van der Waals surface area contributed by atoms with Gasteiger partial charge in [-0.15, -0.1) is 11.5 Å². The first-order chi connectivity index (χ1) is 19.7. The lowest BCUT2D eigenvalue weighted by molar-refractivity contribution is -0.138. The number of terminal acetylenes is 1. The van der Waals surface area contributed by atoms with E-state index < -0.39 is 21.8 Å². The van der Waals surface area contributed by atoms with Gasteiger partial charge in [-0.1, -0.05) is 5.92 Å². The van der Waals surface area contributed by atoms with Gasteiger partial charge in [-0.3, -0.25) is 9.89 Å². The summed E-state index contributed by atoms with van der Waals surface area (Å²) in [6, 6.07) is 10.1. The fourth-order valence-corrected chi connectivity index (χ4v) is 6.40. The molecule has 212 valence electrons. The Kier molecular flexibility index (Phi) is 7.76. The third-order valence-corrected chi connectivity index (χ3v) is 8.76. The van der Waals surface area contributed by atoms with E-state index in [1.165, 1.54) is 6.33 Å². The van der Waals surface area contributed by atoms with Crippen LogP contribution in [0.3, 0.4) is 0 Å². The van der Waals surface area contributed by atoms with E-state index in [1.54, 1.807) is 19.1 Å². The SMILES string of the molecule is C#CCN(c1ccc(N[C@@H](CCCS(=O)(=O)c2nc[nH]n2)C(=O)O)cc1)C1CCc2cc3nc(C)[nH]c(=O)c3cc21. The summed E-state index contributed by atoms with van der Waals surface area (Å²) in [6.45, 7) is 2.10. The number of carboxylic acid groups (broad SMARTS) is 1. The molecule has 1 aliphatic rings. The lowest BCUT2D eigenvalue weighted by Gasteiger charge is -2.30. The van der Waals surface area contributed by atoms with Crippen LogP contribution in [-0.4, -0.2) is 63.0 Å². The van der Waals surface area contributed by atoms with E-state index in [1.807, 2.05) is 24.3 Å². The smallest absolute Gasteiger partial charge is 0.326 e. The Morgan fingerprint density at radius 1 is 1.29 bits per heavy atom. The molecule has 2 aromatic heterocycles. The van der Waals surface area contributed by atoms with Crippen LogP contribution in [-0.2, 0) is 21.1 Å². The molecule has 13 heteroatoms. The Labute approximate surface area is 236 Å². The van der Waals surface area contributed by atoms with Gasteiger partial charge >= 0.3 is 5.97 Å². The average Bonchev–Trinajstić information content (AvgIpc) is 3.62. The molecular weight excluding hydrogens is 546 g/mol. The lowest BCUT2D eigenvalue weighted by Crippen LogP contribution is -2.30. The number of aliphatic carboxylic acids is 1. The molecule has 0 fully saturated rings. The molecule has 2 aromatic carbocycles. The molecule has 0 saturated carbocycles. The molecule has 0 amide bonds. The van der Waals surface area contributed by atoms with Crippen LogP contribution in [0.4, 0.5) is 11.4 Å². The van der Waals surface area contributed by atoms with Crippen molar-refractivity contribution in [1.29, 1.82) is 0 Å². The molecule has 1 unspecified atom stereocenters. The highest BCUT2D eigenvalue weighted by Gasteiger charge is 2.29. The molecule has 2 heterocycles. The number of aromatic nitrogens is 5. The van der Waals surface area contributed by atoms with Gasteiger partial charge in [-0.2, -0.15) is 0 Å². The first kappa shape index (κ1) is 27.9. The summed E-state index contributed by atoms with van der Waals surface area (Å²) < 4.78 is 24.6. The highest BCUT2D eigenvalue weighted by Crippen LogP contribution is 2.39. The van der Waals surface area contributed by atoms with Crippen LogP contribution in [0.25, 0.3) is 10.9 Å². The topological polar surface area (TPSA) is 174 Å². The number of rotatable bonds is 11. The predicted octanol–water partition coefficient (Wildman–Crippen LogP) is 2.60. The summed E-state index contributed by atoms with van der Waals surface area (Å²) in [5.41, 5.74) is 4.10. The van der Waals surface area contributed by atoms with Gasteiger partial charge in [0.15, 0.2) is 0 Å². The Morgan fingerprint density at radius 3 is 2.76 bits per heavy atom. The third kappa shape index (κ3) is 5.92. The number of benzene rings is 2. The number of hydrogen-bond acceptors (Lipinski definition) is 9. The van der Waals surface area contributed by atoms with Gasteiger partial charge in [0.25, 0.3) is 10.7 Å². The average molecular weight is 576 g/mol. The van der Waals surface area contributed by atoms with Crippen LogP contribution in [0.1, 0.15) is 42.3 Å². The number of hydrogen-bond donors (Lipinski definition) is 4. The summed E-state index contributed by atoms with van der Waals surface area (Å²) in [6.07, 6.45) is 8.76. The zero-order chi connectivity index (χ0) is 29.1. The number of anilines is 2. The van der Waals surface area contributed by atoms with Crippen molar-refractivity contribution >= 4 is 38.1 Å². The maximum Gasteiger partial charge on any atom is 0.326 e. The molecule has 4 aromatic rings. The second kappa shape index (κ2) is 11.4. The zero-order valence-electron chi connectivity index (χ0n) is 22.3. The summed E-state index contributed by atoms with van der Waals surface area (Å²) in [4.78, 5) is 37.5. The molecule has 0 radical (unpaired) electrons. The van der Waals surface area contributed by atoms with Crippen LogP contribution < -0.4 is 15.8 Å². The van der Waals surface area contributed by atoms with Crippen molar-refractivity contribution in [3.05, 3.63) is 70.0 Å². The summed E-state index contributed by atoms with van der Waals surface area (Å²) in [7, 11) is -3.70. The second-order valence-corrected chi connectivity index (χ2v) is 11.9. The van der Waals surface area contributed by atoms with E-state index in [0.717, 1.165) is 29.7 Å². The number of carbonyl (C=O) groups is 1. The molecule has 12 nitrogen and oxygen atoms in total. The number of H-pyrrole nitrogens is 2. The number of sulfone groups is 1. The maximum atomic E-state index is 12.6. The molecule has 0 bridgehead atoms. The van der Waals surface area contributed by atoms with E-state index in [-0.39, 0.29) is 35.4 Å². The van der Waals surface area contributed by atoms with Gasteiger partial charge in [-0.25, -0.2) is 23.2 Å². The number of nitrogens with one attached hydrogen (secondary N) is 3. The van der Waals surface area contributed by atoms with Crippen molar-refractivity contribution < 1.29 is 18.3 Å².